The molecule has 6 heteroatoms. The molecule has 27 heavy (non-hydrogen) atoms. The number of hydrogen-bond donors (Lipinski definition) is 0. The van der Waals surface area contributed by atoms with E-state index in [2.05, 4.69) is 15.9 Å². The van der Waals surface area contributed by atoms with E-state index >= 15 is 0 Å². The normalized spacial score (nSPS) is 16.4. The van der Waals surface area contributed by atoms with Gasteiger partial charge in [-0.1, -0.05) is 15.9 Å². The molecule has 1 aliphatic heterocycles. The molecule has 138 valence electrons. The molecule has 1 aliphatic rings. The number of anilines is 1. The van der Waals surface area contributed by atoms with Gasteiger partial charge in [-0.05, 0) is 61.7 Å². The second-order valence-corrected chi connectivity index (χ2v) is 7.83. The Hall–Kier alpha value is -2.47. The van der Waals surface area contributed by atoms with Crippen molar-refractivity contribution in [2.24, 2.45) is 0 Å². The van der Waals surface area contributed by atoms with E-state index in [1.807, 2.05) is 25.1 Å². The van der Waals surface area contributed by atoms with E-state index in [-0.39, 0.29) is 24.3 Å². The monoisotopic (exact) mass is 428 g/mol. The fraction of sp³-hybridized carbons (Fsp3) is 0.238. The summed E-state index contributed by atoms with van der Waals surface area (Å²) in [5.74, 6) is -0.361. The molecule has 3 aromatic rings. The molecule has 0 saturated carbocycles. The number of carbonyl (C=O) groups excluding carboxylic acids is 2. The van der Waals surface area contributed by atoms with Crippen LogP contribution in [0.3, 0.4) is 0 Å². The van der Waals surface area contributed by atoms with E-state index in [1.165, 1.54) is 12.1 Å². The maximum absolute atomic E-state index is 13.6. The van der Waals surface area contributed by atoms with Gasteiger partial charge in [-0.25, -0.2) is 4.39 Å². The third kappa shape index (κ3) is 3.18. The number of nitrogens with zero attached hydrogens (tertiary/aromatic N) is 2. The van der Waals surface area contributed by atoms with E-state index in [1.54, 1.807) is 21.7 Å². The van der Waals surface area contributed by atoms with Crippen LogP contribution >= 0.6 is 15.9 Å². The lowest BCUT2D eigenvalue weighted by molar-refractivity contribution is -0.119. The lowest BCUT2D eigenvalue weighted by Gasteiger charge is -2.35. The Balaban J connectivity index is 1.71. The highest BCUT2D eigenvalue weighted by atomic mass is 79.9. The molecule has 4 rings (SSSR count). The summed E-state index contributed by atoms with van der Waals surface area (Å²) in [6, 6.07) is 10.3. The first-order chi connectivity index (χ1) is 13.0. The van der Waals surface area contributed by atoms with E-state index in [0.29, 0.717) is 5.56 Å². The number of halogens is 2. The zero-order valence-electron chi connectivity index (χ0n) is 14.8. The number of rotatable bonds is 3. The molecule has 0 spiro atoms. The molecule has 2 aromatic carbocycles. The fourth-order valence-electron chi connectivity index (χ4n) is 3.84. The van der Waals surface area contributed by atoms with Crippen molar-refractivity contribution in [2.75, 3.05) is 4.90 Å². The zero-order valence-corrected chi connectivity index (χ0v) is 16.4. The molecular weight excluding hydrogens is 411 g/mol. The van der Waals surface area contributed by atoms with Crippen LogP contribution in [0.4, 0.5) is 10.1 Å². The van der Waals surface area contributed by atoms with Crippen molar-refractivity contribution in [2.45, 2.75) is 32.4 Å². The van der Waals surface area contributed by atoms with Gasteiger partial charge in [0.25, 0.3) is 0 Å². The summed E-state index contributed by atoms with van der Waals surface area (Å²) in [6.45, 7) is 2.12. The summed E-state index contributed by atoms with van der Waals surface area (Å²) in [4.78, 5) is 26.3. The third-order valence-electron chi connectivity index (χ3n) is 5.15. The summed E-state index contributed by atoms with van der Waals surface area (Å²) in [6.07, 6.45) is 4.06. The maximum Gasteiger partial charge on any atom is 0.247 e. The number of hydrogen-bond acceptors (Lipinski definition) is 2. The Bertz CT molecular complexity index is 1060. The zero-order chi connectivity index (χ0) is 19.1. The Labute approximate surface area is 164 Å². The van der Waals surface area contributed by atoms with Crippen molar-refractivity contribution < 1.29 is 14.0 Å². The minimum absolute atomic E-state index is 0.0389. The first kappa shape index (κ1) is 17.9. The topological polar surface area (TPSA) is 42.3 Å². The predicted octanol–water partition coefficient (Wildman–Crippen LogP) is 4.72. The standard InChI is InChI=1S/C21H18BrFN2O2/c1-13-2-3-14-8-17(23)5-7-19(14)25(13)21(27)11-24-10-15(12-26)18-9-16(22)4-6-20(18)24/h4-10,12-13H,2-3,11H2,1H3. The van der Waals surface area contributed by atoms with Gasteiger partial charge in [0.05, 0.1) is 0 Å². The van der Waals surface area contributed by atoms with Gasteiger partial charge in [-0.15, -0.1) is 0 Å². The number of fused-ring (bicyclic) bond motifs is 2. The lowest BCUT2D eigenvalue weighted by Crippen LogP contribution is -2.43. The number of carbonyl (C=O) groups is 2. The van der Waals surface area contributed by atoms with Crippen LogP contribution in [0.5, 0.6) is 0 Å². The molecule has 0 fully saturated rings. The van der Waals surface area contributed by atoms with Crippen LogP contribution < -0.4 is 4.90 Å². The highest BCUT2D eigenvalue weighted by molar-refractivity contribution is 9.10. The fourth-order valence-corrected chi connectivity index (χ4v) is 4.21. The second-order valence-electron chi connectivity index (χ2n) is 6.92. The van der Waals surface area contributed by atoms with Crippen molar-refractivity contribution in [3.63, 3.8) is 0 Å². The summed E-state index contributed by atoms with van der Waals surface area (Å²) >= 11 is 3.42. The van der Waals surface area contributed by atoms with Crippen molar-refractivity contribution in [1.29, 1.82) is 0 Å². The van der Waals surface area contributed by atoms with E-state index < -0.39 is 0 Å². The number of aryl methyl sites for hydroxylation is 1. The lowest BCUT2D eigenvalue weighted by atomic mass is 9.96. The van der Waals surface area contributed by atoms with Gasteiger partial charge in [-0.2, -0.15) is 0 Å². The average molecular weight is 429 g/mol. The number of aldehydes is 1. The van der Waals surface area contributed by atoms with Crippen molar-refractivity contribution in [1.82, 2.24) is 4.57 Å². The smallest absolute Gasteiger partial charge is 0.247 e. The van der Waals surface area contributed by atoms with E-state index in [0.717, 1.165) is 45.8 Å². The quantitative estimate of drug-likeness (QED) is 0.566. The van der Waals surface area contributed by atoms with Crippen LogP contribution in [-0.4, -0.2) is 22.8 Å². The Morgan fingerprint density at radius 3 is 2.89 bits per heavy atom. The van der Waals surface area contributed by atoms with Gasteiger partial charge in [0.2, 0.25) is 5.91 Å². The van der Waals surface area contributed by atoms with Crippen LogP contribution in [0.15, 0.2) is 47.1 Å². The van der Waals surface area contributed by atoms with Gasteiger partial charge < -0.3 is 9.47 Å². The number of amides is 1. The Kier molecular flexibility index (Phi) is 4.60. The molecule has 0 N–H and O–H groups in total. The number of aromatic nitrogens is 1. The molecule has 1 atom stereocenters. The molecule has 0 radical (unpaired) electrons. The summed E-state index contributed by atoms with van der Waals surface area (Å²) in [5.41, 5.74) is 3.01. The average Bonchev–Trinajstić information content (AvgIpc) is 2.98. The second kappa shape index (κ2) is 6.93. The molecule has 1 aromatic heterocycles. The maximum atomic E-state index is 13.6. The molecular formula is C21H18BrFN2O2. The number of benzene rings is 2. The van der Waals surface area contributed by atoms with Crippen LogP contribution in [0.25, 0.3) is 10.9 Å². The molecule has 4 nitrogen and oxygen atoms in total. The van der Waals surface area contributed by atoms with Crippen molar-refractivity contribution in [3.8, 4) is 0 Å². The van der Waals surface area contributed by atoms with Gasteiger partial charge in [0.15, 0.2) is 6.29 Å². The van der Waals surface area contributed by atoms with Gasteiger partial charge in [0.1, 0.15) is 12.4 Å². The Morgan fingerprint density at radius 2 is 2.11 bits per heavy atom. The van der Waals surface area contributed by atoms with Crippen molar-refractivity contribution in [3.05, 3.63) is 64.0 Å². The molecule has 0 aliphatic carbocycles. The molecule has 1 unspecified atom stereocenters. The molecule has 0 saturated heterocycles. The largest absolute Gasteiger partial charge is 0.337 e. The summed E-state index contributed by atoms with van der Waals surface area (Å²) in [5, 5.41) is 0.807. The molecule has 0 bridgehead atoms. The first-order valence-corrected chi connectivity index (χ1v) is 9.61. The van der Waals surface area contributed by atoms with E-state index in [4.69, 9.17) is 0 Å². The molecule has 1 amide bonds. The Morgan fingerprint density at radius 1 is 1.30 bits per heavy atom. The van der Waals surface area contributed by atoms with E-state index in [9.17, 15) is 14.0 Å². The van der Waals surface area contributed by atoms with Crippen molar-refractivity contribution >= 4 is 44.7 Å². The third-order valence-corrected chi connectivity index (χ3v) is 5.64. The van der Waals surface area contributed by atoms with Crippen LogP contribution in [0.1, 0.15) is 29.3 Å². The highest BCUT2D eigenvalue weighted by Gasteiger charge is 2.28. The van der Waals surface area contributed by atoms with Gasteiger partial charge in [0, 0.05) is 38.9 Å². The highest BCUT2D eigenvalue weighted by Crippen LogP contribution is 2.32. The predicted molar refractivity (Wildman–Crippen MR) is 107 cm³/mol. The van der Waals surface area contributed by atoms with Gasteiger partial charge >= 0.3 is 0 Å². The first-order valence-electron chi connectivity index (χ1n) is 8.82. The van der Waals surface area contributed by atoms with Crippen LogP contribution in [0.2, 0.25) is 0 Å². The minimum atomic E-state index is -0.284. The van der Waals surface area contributed by atoms with Crippen LogP contribution in [-0.2, 0) is 17.8 Å². The summed E-state index contributed by atoms with van der Waals surface area (Å²) in [7, 11) is 0. The SMILES string of the molecule is CC1CCc2cc(F)ccc2N1C(=O)Cn1cc(C=O)c2cc(Br)ccc21. The minimum Gasteiger partial charge on any atom is -0.337 e. The van der Waals surface area contributed by atoms with Crippen LogP contribution in [0, 0.1) is 5.82 Å². The molecule has 2 heterocycles. The van der Waals surface area contributed by atoms with Gasteiger partial charge in [-0.3, -0.25) is 9.59 Å². The summed E-state index contributed by atoms with van der Waals surface area (Å²) < 4.78 is 16.3.